The molecule has 1 aromatic heterocycles. The third-order valence-corrected chi connectivity index (χ3v) is 2.90. The third-order valence-electron chi connectivity index (χ3n) is 1.90. The fourth-order valence-electron chi connectivity index (χ4n) is 1.07. The maximum absolute atomic E-state index is 5.95. The normalized spacial score (nSPS) is 15.9. The van der Waals surface area contributed by atoms with Crippen molar-refractivity contribution in [2.45, 2.75) is 25.5 Å². The standard InChI is InChI=1S/C9H15NOS/c1-7(11-2)6-8(10)9-4-3-5-12-9/h3-5,7-8H,6,10H2,1-2H3. The fourth-order valence-corrected chi connectivity index (χ4v) is 1.81. The van der Waals surface area contributed by atoms with Gasteiger partial charge in [-0.15, -0.1) is 11.3 Å². The summed E-state index contributed by atoms with van der Waals surface area (Å²) in [5.41, 5.74) is 5.95. The van der Waals surface area contributed by atoms with Crippen LogP contribution >= 0.6 is 11.3 Å². The average molecular weight is 185 g/mol. The Morgan fingerprint density at radius 1 is 1.67 bits per heavy atom. The fraction of sp³-hybridized carbons (Fsp3) is 0.556. The third kappa shape index (κ3) is 2.59. The summed E-state index contributed by atoms with van der Waals surface area (Å²) < 4.78 is 5.14. The van der Waals surface area contributed by atoms with E-state index in [9.17, 15) is 0 Å². The van der Waals surface area contributed by atoms with Crippen LogP contribution in [-0.2, 0) is 4.74 Å². The average Bonchev–Trinajstić information content (AvgIpc) is 2.56. The Balaban J connectivity index is 2.44. The second-order valence-corrected chi connectivity index (χ2v) is 3.88. The number of nitrogens with two attached hydrogens (primary N) is 1. The number of ether oxygens (including phenoxy) is 1. The van der Waals surface area contributed by atoms with Crippen molar-refractivity contribution in [3.63, 3.8) is 0 Å². The van der Waals surface area contributed by atoms with Crippen molar-refractivity contribution in [1.29, 1.82) is 0 Å². The smallest absolute Gasteiger partial charge is 0.0561 e. The van der Waals surface area contributed by atoms with Gasteiger partial charge in [0.05, 0.1) is 6.10 Å². The van der Waals surface area contributed by atoms with Crippen molar-refractivity contribution in [1.82, 2.24) is 0 Å². The molecule has 0 aliphatic rings. The van der Waals surface area contributed by atoms with Gasteiger partial charge in [0.1, 0.15) is 0 Å². The van der Waals surface area contributed by atoms with E-state index in [1.807, 2.05) is 18.4 Å². The van der Waals surface area contributed by atoms with Crippen molar-refractivity contribution >= 4 is 11.3 Å². The molecule has 0 bridgehead atoms. The SMILES string of the molecule is COC(C)CC(N)c1cccs1. The van der Waals surface area contributed by atoms with Crippen molar-refractivity contribution in [3.8, 4) is 0 Å². The minimum absolute atomic E-state index is 0.125. The Kier molecular flexibility index (Phi) is 3.72. The molecule has 0 saturated carbocycles. The number of hydrogen-bond acceptors (Lipinski definition) is 3. The van der Waals surface area contributed by atoms with E-state index in [2.05, 4.69) is 6.07 Å². The highest BCUT2D eigenvalue weighted by Crippen LogP contribution is 2.21. The summed E-state index contributed by atoms with van der Waals surface area (Å²) in [6, 6.07) is 4.22. The Morgan fingerprint density at radius 3 is 2.92 bits per heavy atom. The second kappa shape index (κ2) is 4.60. The van der Waals surface area contributed by atoms with E-state index in [-0.39, 0.29) is 12.1 Å². The zero-order chi connectivity index (χ0) is 8.97. The Bertz CT molecular complexity index is 210. The van der Waals surface area contributed by atoms with Gasteiger partial charge in [0.25, 0.3) is 0 Å². The Hall–Kier alpha value is -0.380. The first-order chi connectivity index (χ1) is 5.74. The molecule has 12 heavy (non-hydrogen) atoms. The first kappa shape index (κ1) is 9.71. The van der Waals surface area contributed by atoms with Gasteiger partial charge in [0, 0.05) is 18.0 Å². The van der Waals surface area contributed by atoms with E-state index >= 15 is 0 Å². The van der Waals surface area contributed by atoms with E-state index in [4.69, 9.17) is 10.5 Å². The lowest BCUT2D eigenvalue weighted by atomic mass is 10.1. The van der Waals surface area contributed by atoms with Crippen LogP contribution in [0.25, 0.3) is 0 Å². The molecule has 1 heterocycles. The van der Waals surface area contributed by atoms with E-state index < -0.39 is 0 Å². The van der Waals surface area contributed by atoms with E-state index in [1.165, 1.54) is 4.88 Å². The largest absolute Gasteiger partial charge is 0.382 e. The van der Waals surface area contributed by atoms with Gasteiger partial charge in [-0.3, -0.25) is 0 Å². The minimum Gasteiger partial charge on any atom is -0.382 e. The van der Waals surface area contributed by atoms with Crippen molar-refractivity contribution in [2.75, 3.05) is 7.11 Å². The molecule has 2 N–H and O–H groups in total. The first-order valence-corrected chi connectivity index (χ1v) is 4.93. The molecular weight excluding hydrogens is 170 g/mol. The molecule has 3 heteroatoms. The summed E-state index contributed by atoms with van der Waals surface area (Å²) in [5, 5.41) is 2.05. The van der Waals surface area contributed by atoms with Crippen molar-refractivity contribution in [3.05, 3.63) is 22.4 Å². The molecular formula is C9H15NOS. The van der Waals surface area contributed by atoms with Crippen molar-refractivity contribution < 1.29 is 4.74 Å². The molecule has 0 aliphatic heterocycles. The van der Waals surface area contributed by atoms with Gasteiger partial charge < -0.3 is 10.5 Å². The van der Waals surface area contributed by atoms with Crippen LogP contribution in [0.3, 0.4) is 0 Å². The van der Waals surface area contributed by atoms with E-state index in [0.717, 1.165) is 6.42 Å². The zero-order valence-corrected chi connectivity index (χ0v) is 8.30. The molecule has 0 saturated heterocycles. The number of methoxy groups -OCH3 is 1. The molecule has 0 fully saturated rings. The lowest BCUT2D eigenvalue weighted by Gasteiger charge is -2.14. The predicted octanol–water partition coefficient (Wildman–Crippen LogP) is 2.17. The highest BCUT2D eigenvalue weighted by molar-refractivity contribution is 7.10. The van der Waals surface area contributed by atoms with Crippen LogP contribution in [-0.4, -0.2) is 13.2 Å². The summed E-state index contributed by atoms with van der Waals surface area (Å²) in [6.07, 6.45) is 1.12. The van der Waals surface area contributed by atoms with Gasteiger partial charge in [0.15, 0.2) is 0 Å². The van der Waals surface area contributed by atoms with Crippen LogP contribution in [0.2, 0.25) is 0 Å². The molecule has 0 aliphatic carbocycles. The molecule has 0 aromatic carbocycles. The molecule has 0 spiro atoms. The first-order valence-electron chi connectivity index (χ1n) is 4.05. The summed E-state index contributed by atoms with van der Waals surface area (Å²) >= 11 is 1.70. The van der Waals surface area contributed by atoms with Gasteiger partial charge in [-0.05, 0) is 24.8 Å². The summed E-state index contributed by atoms with van der Waals surface area (Å²) in [4.78, 5) is 1.24. The molecule has 2 nitrogen and oxygen atoms in total. The van der Waals surface area contributed by atoms with Gasteiger partial charge in [-0.2, -0.15) is 0 Å². The Morgan fingerprint density at radius 2 is 2.42 bits per heavy atom. The molecule has 2 atom stereocenters. The lowest BCUT2D eigenvalue weighted by molar-refractivity contribution is 0.105. The molecule has 0 radical (unpaired) electrons. The van der Waals surface area contributed by atoms with Crippen LogP contribution in [0, 0.1) is 0 Å². The monoisotopic (exact) mass is 185 g/mol. The van der Waals surface area contributed by atoms with Crippen molar-refractivity contribution in [2.24, 2.45) is 5.73 Å². The van der Waals surface area contributed by atoms with Crippen LogP contribution in [0.4, 0.5) is 0 Å². The quantitative estimate of drug-likeness (QED) is 0.780. The second-order valence-electron chi connectivity index (χ2n) is 2.90. The number of thiophene rings is 1. The number of rotatable bonds is 4. The van der Waals surface area contributed by atoms with Crippen LogP contribution in [0.1, 0.15) is 24.3 Å². The number of hydrogen-bond donors (Lipinski definition) is 1. The molecule has 2 unspecified atom stereocenters. The van der Waals surface area contributed by atoms with Gasteiger partial charge in [0.2, 0.25) is 0 Å². The molecule has 68 valence electrons. The highest BCUT2D eigenvalue weighted by Gasteiger charge is 2.10. The molecule has 0 amide bonds. The maximum atomic E-state index is 5.95. The maximum Gasteiger partial charge on any atom is 0.0561 e. The van der Waals surface area contributed by atoms with Gasteiger partial charge in [-0.1, -0.05) is 6.07 Å². The van der Waals surface area contributed by atoms with Gasteiger partial charge in [-0.25, -0.2) is 0 Å². The van der Waals surface area contributed by atoms with Crippen LogP contribution < -0.4 is 5.73 Å². The van der Waals surface area contributed by atoms with E-state index in [0.29, 0.717) is 0 Å². The molecule has 1 aromatic rings. The van der Waals surface area contributed by atoms with Gasteiger partial charge >= 0.3 is 0 Å². The zero-order valence-electron chi connectivity index (χ0n) is 7.49. The topological polar surface area (TPSA) is 35.2 Å². The highest BCUT2D eigenvalue weighted by atomic mass is 32.1. The summed E-state index contributed by atoms with van der Waals surface area (Å²) in [5.74, 6) is 0. The predicted molar refractivity (Wildman–Crippen MR) is 52.3 cm³/mol. The lowest BCUT2D eigenvalue weighted by Crippen LogP contribution is -2.17. The summed E-state index contributed by atoms with van der Waals surface area (Å²) in [6.45, 7) is 2.04. The summed E-state index contributed by atoms with van der Waals surface area (Å²) in [7, 11) is 1.71. The van der Waals surface area contributed by atoms with Crippen LogP contribution in [0.15, 0.2) is 17.5 Å². The molecule has 1 rings (SSSR count). The minimum atomic E-state index is 0.125. The van der Waals surface area contributed by atoms with Crippen LogP contribution in [0.5, 0.6) is 0 Å². The Labute approximate surface area is 77.3 Å². The van der Waals surface area contributed by atoms with E-state index in [1.54, 1.807) is 18.4 Å².